The van der Waals surface area contributed by atoms with Crippen molar-refractivity contribution in [2.24, 2.45) is 0 Å². The minimum Gasteiger partial charge on any atom is -0.311 e. The van der Waals surface area contributed by atoms with Crippen LogP contribution in [0.5, 0.6) is 0 Å². The summed E-state index contributed by atoms with van der Waals surface area (Å²) in [4.78, 5) is 15.5. The SMILES string of the molecule is O=C(/C=C/c1cccnc1)C1=CC[C-]=C1.[C-]1=CC=CC1.[Fe+2]. The van der Waals surface area contributed by atoms with E-state index in [0.717, 1.165) is 24.0 Å². The summed E-state index contributed by atoms with van der Waals surface area (Å²) in [6.07, 6.45) is 24.1. The summed E-state index contributed by atoms with van der Waals surface area (Å²) in [6, 6.07) is 3.74. The van der Waals surface area contributed by atoms with E-state index < -0.39 is 0 Å². The summed E-state index contributed by atoms with van der Waals surface area (Å²) in [5.74, 6) is 0.0175. The van der Waals surface area contributed by atoms with Gasteiger partial charge in [0.2, 0.25) is 0 Å². The van der Waals surface area contributed by atoms with Crippen LogP contribution in [0.1, 0.15) is 18.4 Å². The number of allylic oxidation sites excluding steroid dienone is 9. The van der Waals surface area contributed by atoms with Gasteiger partial charge in [-0.3, -0.25) is 17.1 Å². The molecule has 0 atom stereocenters. The Hall–Kier alpha value is -1.96. The minimum absolute atomic E-state index is 0. The minimum atomic E-state index is 0. The monoisotopic (exact) mass is 317 g/mol. The van der Waals surface area contributed by atoms with E-state index in [-0.39, 0.29) is 22.9 Å². The summed E-state index contributed by atoms with van der Waals surface area (Å²) in [5.41, 5.74) is 1.65. The van der Waals surface area contributed by atoms with Gasteiger partial charge >= 0.3 is 17.1 Å². The van der Waals surface area contributed by atoms with Crippen LogP contribution in [0.25, 0.3) is 6.08 Å². The van der Waals surface area contributed by atoms with Crippen molar-refractivity contribution in [1.82, 2.24) is 4.98 Å². The average Bonchev–Trinajstić information content (AvgIpc) is 3.20. The molecule has 2 aliphatic carbocycles. The first-order chi connectivity index (χ1) is 9.86. The Morgan fingerprint density at radius 3 is 2.71 bits per heavy atom. The fourth-order valence-corrected chi connectivity index (χ4v) is 1.65. The Balaban J connectivity index is 0.000000313. The molecule has 0 amide bonds. The third-order valence-corrected chi connectivity index (χ3v) is 2.68. The first kappa shape index (κ1) is 17.1. The fraction of sp³-hybridized carbons (Fsp3) is 0.111. The number of rotatable bonds is 3. The second-order valence-corrected chi connectivity index (χ2v) is 4.20. The van der Waals surface area contributed by atoms with Crippen molar-refractivity contribution < 1.29 is 21.9 Å². The Labute approximate surface area is 136 Å². The predicted molar refractivity (Wildman–Crippen MR) is 80.4 cm³/mol. The van der Waals surface area contributed by atoms with E-state index >= 15 is 0 Å². The van der Waals surface area contributed by atoms with Gasteiger partial charge in [0.15, 0.2) is 0 Å². The van der Waals surface area contributed by atoms with Crippen LogP contribution in [0.4, 0.5) is 0 Å². The van der Waals surface area contributed by atoms with Crippen LogP contribution >= 0.6 is 0 Å². The number of nitrogens with zero attached hydrogens (tertiary/aromatic N) is 1. The molecule has 3 rings (SSSR count). The number of aromatic nitrogens is 1. The maximum Gasteiger partial charge on any atom is 2.00 e. The van der Waals surface area contributed by atoms with Crippen LogP contribution in [-0.4, -0.2) is 10.8 Å². The molecule has 2 aliphatic rings. The topological polar surface area (TPSA) is 30.0 Å². The first-order valence-electron chi connectivity index (χ1n) is 6.47. The van der Waals surface area contributed by atoms with E-state index in [1.165, 1.54) is 0 Å². The zero-order valence-corrected chi connectivity index (χ0v) is 12.6. The first-order valence-corrected chi connectivity index (χ1v) is 6.47. The number of pyridine rings is 1. The van der Waals surface area contributed by atoms with Crippen LogP contribution in [0.2, 0.25) is 0 Å². The number of carbonyl (C=O) groups excluding carboxylic acids is 1. The Bertz CT molecular complexity index is 585. The number of hydrogen-bond acceptors (Lipinski definition) is 2. The van der Waals surface area contributed by atoms with E-state index in [0.29, 0.717) is 0 Å². The molecule has 0 saturated heterocycles. The van der Waals surface area contributed by atoms with Gasteiger partial charge in [0.1, 0.15) is 5.78 Å². The molecule has 0 fully saturated rings. The molecule has 0 bridgehead atoms. The molecule has 0 aromatic carbocycles. The summed E-state index contributed by atoms with van der Waals surface area (Å²) in [6.45, 7) is 0. The molecule has 0 spiro atoms. The van der Waals surface area contributed by atoms with Crippen molar-refractivity contribution in [2.75, 3.05) is 0 Å². The smallest absolute Gasteiger partial charge is 0.311 e. The third-order valence-electron chi connectivity index (χ3n) is 2.68. The number of ketones is 1. The quantitative estimate of drug-likeness (QED) is 0.484. The van der Waals surface area contributed by atoms with Crippen molar-refractivity contribution in [3.63, 3.8) is 0 Å². The number of hydrogen-bond donors (Lipinski definition) is 0. The van der Waals surface area contributed by atoms with E-state index in [2.05, 4.69) is 23.2 Å². The molecular weight excluding hydrogens is 302 g/mol. The van der Waals surface area contributed by atoms with Gasteiger partial charge in [-0.15, -0.1) is 18.4 Å². The zero-order valence-electron chi connectivity index (χ0n) is 11.5. The second kappa shape index (κ2) is 9.87. The Morgan fingerprint density at radius 2 is 2.19 bits per heavy atom. The van der Waals surface area contributed by atoms with Gasteiger partial charge < -0.3 is 4.79 Å². The van der Waals surface area contributed by atoms with E-state index in [4.69, 9.17) is 0 Å². The fourth-order valence-electron chi connectivity index (χ4n) is 1.65. The molecule has 0 aliphatic heterocycles. The third kappa shape index (κ3) is 6.35. The maximum absolute atomic E-state index is 11.6. The van der Waals surface area contributed by atoms with Crippen LogP contribution < -0.4 is 0 Å². The summed E-state index contributed by atoms with van der Waals surface area (Å²) in [7, 11) is 0. The van der Waals surface area contributed by atoms with Crippen LogP contribution in [-0.2, 0) is 21.9 Å². The average molecular weight is 317 g/mol. The normalized spacial score (nSPS) is 14.6. The molecule has 3 heteroatoms. The molecule has 0 N–H and O–H groups in total. The Morgan fingerprint density at radius 1 is 1.29 bits per heavy atom. The van der Waals surface area contributed by atoms with Gasteiger partial charge in [-0.2, -0.15) is 12.2 Å². The molecule has 21 heavy (non-hydrogen) atoms. The Kier molecular flexibility index (Phi) is 8.03. The van der Waals surface area contributed by atoms with Crippen LogP contribution in [0.15, 0.2) is 66.6 Å². The van der Waals surface area contributed by atoms with Crippen molar-refractivity contribution in [1.29, 1.82) is 0 Å². The van der Waals surface area contributed by atoms with E-state index in [9.17, 15) is 4.79 Å². The standard InChI is InChI=1S/C13H10NO.C5H5.Fe/c15-13(12-5-1-2-6-12)8-7-11-4-3-9-14-10-11;1-2-4-5-3-1;/h3-10H,1H2;1-3H,4H2;/q2*-1;+2/b8-7+;;. The summed E-state index contributed by atoms with van der Waals surface area (Å²) >= 11 is 0. The molecule has 1 aromatic heterocycles. The predicted octanol–water partition coefficient (Wildman–Crippen LogP) is 3.66. The summed E-state index contributed by atoms with van der Waals surface area (Å²) in [5, 5.41) is 0. The maximum atomic E-state index is 11.6. The molecule has 0 unspecified atom stereocenters. The summed E-state index contributed by atoms with van der Waals surface area (Å²) < 4.78 is 0. The molecule has 1 aromatic rings. The van der Waals surface area contributed by atoms with Crippen molar-refractivity contribution >= 4 is 11.9 Å². The molecule has 0 radical (unpaired) electrons. The van der Waals surface area contributed by atoms with E-state index in [1.807, 2.05) is 30.4 Å². The number of carbonyl (C=O) groups is 1. The van der Waals surface area contributed by atoms with Crippen molar-refractivity contribution in [3.8, 4) is 0 Å². The van der Waals surface area contributed by atoms with Gasteiger partial charge in [0.05, 0.1) is 0 Å². The van der Waals surface area contributed by atoms with Crippen LogP contribution in [0.3, 0.4) is 0 Å². The second-order valence-electron chi connectivity index (χ2n) is 4.20. The molecule has 0 saturated carbocycles. The van der Waals surface area contributed by atoms with Gasteiger partial charge in [0.25, 0.3) is 0 Å². The van der Waals surface area contributed by atoms with Gasteiger partial charge in [-0.25, -0.2) is 18.2 Å². The van der Waals surface area contributed by atoms with Gasteiger partial charge in [0, 0.05) is 12.4 Å². The molecule has 106 valence electrons. The molecule has 2 nitrogen and oxygen atoms in total. The largest absolute Gasteiger partial charge is 2.00 e. The molecule has 1 heterocycles. The van der Waals surface area contributed by atoms with Gasteiger partial charge in [-0.1, -0.05) is 12.1 Å². The molecular formula is C18H15FeNO. The van der Waals surface area contributed by atoms with Crippen molar-refractivity contribution in [3.05, 3.63) is 84.3 Å². The van der Waals surface area contributed by atoms with E-state index in [1.54, 1.807) is 30.6 Å². The zero-order chi connectivity index (χ0) is 14.0. The van der Waals surface area contributed by atoms with Gasteiger partial charge in [-0.05, 0) is 17.7 Å². The van der Waals surface area contributed by atoms with Crippen molar-refractivity contribution in [2.45, 2.75) is 12.8 Å². The van der Waals surface area contributed by atoms with Crippen LogP contribution in [0, 0.1) is 12.2 Å².